The van der Waals surface area contributed by atoms with Crippen molar-refractivity contribution >= 4 is 11.9 Å². The molecule has 2 rings (SSSR count). The molecule has 0 saturated carbocycles. The second-order valence-corrected chi connectivity index (χ2v) is 4.87. The van der Waals surface area contributed by atoms with Gasteiger partial charge >= 0.3 is 5.97 Å². The Labute approximate surface area is 127 Å². The summed E-state index contributed by atoms with van der Waals surface area (Å²) in [5, 5.41) is 2.47. The minimum Gasteiger partial charge on any atom is -0.425 e. The number of carbonyl (C=O) groups excluding carboxylic acids is 2. The minimum absolute atomic E-state index is 0.0814. The van der Waals surface area contributed by atoms with Crippen LogP contribution in [0.5, 0.6) is 5.75 Å². The number of hydrogen-bond acceptors (Lipinski definition) is 3. The summed E-state index contributed by atoms with van der Waals surface area (Å²) in [4.78, 5) is 23.3. The molecule has 1 amide bonds. The van der Waals surface area contributed by atoms with E-state index in [9.17, 15) is 14.0 Å². The molecule has 0 aromatic heterocycles. The zero-order valence-electron chi connectivity index (χ0n) is 12.1. The molecule has 0 bridgehead atoms. The first kappa shape index (κ1) is 15.7. The van der Waals surface area contributed by atoms with E-state index in [1.807, 2.05) is 19.1 Å². The molecule has 1 N–H and O–H groups in total. The van der Waals surface area contributed by atoms with Gasteiger partial charge in [0.1, 0.15) is 18.1 Å². The average Bonchev–Trinajstić information content (AvgIpc) is 2.50. The molecule has 114 valence electrons. The molecule has 2 aromatic carbocycles. The van der Waals surface area contributed by atoms with Crippen molar-refractivity contribution in [1.82, 2.24) is 5.32 Å². The van der Waals surface area contributed by atoms with Crippen LogP contribution in [-0.4, -0.2) is 18.4 Å². The Morgan fingerprint density at radius 1 is 1.05 bits per heavy atom. The summed E-state index contributed by atoms with van der Waals surface area (Å²) >= 11 is 0. The van der Waals surface area contributed by atoms with E-state index in [1.54, 1.807) is 12.1 Å². The lowest BCUT2D eigenvalue weighted by Crippen LogP contribution is -2.32. The van der Waals surface area contributed by atoms with Crippen molar-refractivity contribution < 1.29 is 18.7 Å². The van der Waals surface area contributed by atoms with Crippen LogP contribution in [0.1, 0.15) is 11.1 Å². The summed E-state index contributed by atoms with van der Waals surface area (Å²) in [5.41, 5.74) is 1.73. The number of ether oxygens (including phenoxy) is 1. The normalized spacial score (nSPS) is 10.1. The Balaban J connectivity index is 1.76. The predicted molar refractivity (Wildman–Crippen MR) is 79.9 cm³/mol. The van der Waals surface area contributed by atoms with Crippen molar-refractivity contribution in [2.75, 3.05) is 6.54 Å². The molecule has 4 nitrogen and oxygen atoms in total. The number of amides is 1. The van der Waals surface area contributed by atoms with E-state index in [1.165, 1.54) is 24.3 Å². The highest BCUT2D eigenvalue weighted by Gasteiger charge is 2.08. The topological polar surface area (TPSA) is 55.4 Å². The molecule has 22 heavy (non-hydrogen) atoms. The Bertz CT molecular complexity index is 591. The summed E-state index contributed by atoms with van der Waals surface area (Å²) in [7, 11) is 0. The fraction of sp³-hybridized carbons (Fsp3) is 0.176. The molecule has 0 radical (unpaired) electrons. The SMILES string of the molecule is Cc1ccc(OC(=O)CNC(=O)Cc2ccc(F)cc2)cc1. The Kier molecular flexibility index (Phi) is 5.25. The van der Waals surface area contributed by atoms with Gasteiger partial charge in [-0.3, -0.25) is 4.79 Å². The standard InChI is InChI=1S/C17H16FNO3/c1-12-2-8-15(9-3-12)22-17(21)11-19-16(20)10-13-4-6-14(18)7-5-13/h2-9H,10-11H2,1H3,(H,19,20). The Hall–Kier alpha value is -2.69. The maximum absolute atomic E-state index is 12.7. The molecule has 0 spiro atoms. The van der Waals surface area contributed by atoms with Gasteiger partial charge < -0.3 is 10.1 Å². The number of hydrogen-bond donors (Lipinski definition) is 1. The van der Waals surface area contributed by atoms with Gasteiger partial charge in [0, 0.05) is 0 Å². The summed E-state index contributed by atoms with van der Waals surface area (Å²) in [6.07, 6.45) is 0.0814. The molecule has 0 aliphatic rings. The highest BCUT2D eigenvalue weighted by Crippen LogP contribution is 2.11. The summed E-state index contributed by atoms with van der Waals surface area (Å²) in [6, 6.07) is 12.7. The van der Waals surface area contributed by atoms with E-state index in [-0.39, 0.29) is 24.7 Å². The van der Waals surface area contributed by atoms with Crippen LogP contribution < -0.4 is 10.1 Å². The van der Waals surface area contributed by atoms with E-state index < -0.39 is 5.97 Å². The first-order valence-corrected chi connectivity index (χ1v) is 6.81. The molecule has 0 fully saturated rings. The van der Waals surface area contributed by atoms with Gasteiger partial charge in [-0.2, -0.15) is 0 Å². The van der Waals surface area contributed by atoms with Gasteiger partial charge in [-0.05, 0) is 36.8 Å². The first-order chi connectivity index (χ1) is 10.5. The summed E-state index contributed by atoms with van der Waals surface area (Å²) in [6.45, 7) is 1.72. The smallest absolute Gasteiger partial charge is 0.330 e. The van der Waals surface area contributed by atoms with Crippen LogP contribution in [0, 0.1) is 12.7 Å². The molecular formula is C17H16FNO3. The van der Waals surface area contributed by atoms with Crippen molar-refractivity contribution in [2.24, 2.45) is 0 Å². The lowest BCUT2D eigenvalue weighted by molar-refractivity contribution is -0.135. The highest BCUT2D eigenvalue weighted by atomic mass is 19.1. The van der Waals surface area contributed by atoms with Gasteiger partial charge in [0.25, 0.3) is 0 Å². The van der Waals surface area contributed by atoms with Crippen molar-refractivity contribution in [1.29, 1.82) is 0 Å². The lowest BCUT2D eigenvalue weighted by Gasteiger charge is -2.06. The van der Waals surface area contributed by atoms with Crippen LogP contribution in [0.2, 0.25) is 0 Å². The molecule has 0 heterocycles. The van der Waals surface area contributed by atoms with Crippen LogP contribution in [0.3, 0.4) is 0 Å². The summed E-state index contributed by atoms with van der Waals surface area (Å²) < 4.78 is 17.8. The largest absolute Gasteiger partial charge is 0.425 e. The molecule has 5 heteroatoms. The number of esters is 1. The van der Waals surface area contributed by atoms with Crippen LogP contribution in [0.15, 0.2) is 48.5 Å². The van der Waals surface area contributed by atoms with Gasteiger partial charge in [-0.25, -0.2) is 9.18 Å². The van der Waals surface area contributed by atoms with E-state index in [0.29, 0.717) is 11.3 Å². The van der Waals surface area contributed by atoms with Gasteiger partial charge in [-0.15, -0.1) is 0 Å². The quantitative estimate of drug-likeness (QED) is 0.681. The third-order valence-electron chi connectivity index (χ3n) is 2.96. The van der Waals surface area contributed by atoms with E-state index >= 15 is 0 Å². The number of rotatable bonds is 5. The average molecular weight is 301 g/mol. The number of nitrogens with one attached hydrogen (secondary N) is 1. The van der Waals surface area contributed by atoms with E-state index in [0.717, 1.165) is 5.56 Å². The monoisotopic (exact) mass is 301 g/mol. The third kappa shape index (κ3) is 5.01. The van der Waals surface area contributed by atoms with Gasteiger partial charge in [-0.1, -0.05) is 29.8 Å². The van der Waals surface area contributed by atoms with Gasteiger partial charge in [0.05, 0.1) is 6.42 Å². The number of aryl methyl sites for hydroxylation is 1. The van der Waals surface area contributed by atoms with Crippen molar-refractivity contribution in [2.45, 2.75) is 13.3 Å². The third-order valence-corrected chi connectivity index (χ3v) is 2.96. The fourth-order valence-corrected chi connectivity index (χ4v) is 1.79. The highest BCUT2D eigenvalue weighted by molar-refractivity contribution is 5.84. The molecular weight excluding hydrogens is 285 g/mol. The molecule has 0 aliphatic carbocycles. The van der Waals surface area contributed by atoms with Crippen molar-refractivity contribution in [3.63, 3.8) is 0 Å². The van der Waals surface area contributed by atoms with Crippen molar-refractivity contribution in [3.8, 4) is 5.75 Å². The van der Waals surface area contributed by atoms with Crippen LogP contribution in [-0.2, 0) is 16.0 Å². The zero-order chi connectivity index (χ0) is 15.9. The number of benzene rings is 2. The second-order valence-electron chi connectivity index (χ2n) is 4.87. The van der Waals surface area contributed by atoms with E-state index in [2.05, 4.69) is 5.32 Å². The predicted octanol–water partition coefficient (Wildman–Crippen LogP) is 2.40. The van der Waals surface area contributed by atoms with Crippen molar-refractivity contribution in [3.05, 3.63) is 65.5 Å². The zero-order valence-corrected chi connectivity index (χ0v) is 12.1. The van der Waals surface area contributed by atoms with E-state index in [4.69, 9.17) is 4.74 Å². The summed E-state index contributed by atoms with van der Waals surface area (Å²) in [5.74, 6) is -0.794. The molecule has 0 unspecified atom stereocenters. The molecule has 0 aliphatic heterocycles. The fourth-order valence-electron chi connectivity index (χ4n) is 1.79. The molecule has 2 aromatic rings. The lowest BCUT2D eigenvalue weighted by atomic mass is 10.1. The Morgan fingerprint density at radius 2 is 1.68 bits per heavy atom. The minimum atomic E-state index is -0.545. The van der Waals surface area contributed by atoms with Crippen LogP contribution in [0.25, 0.3) is 0 Å². The van der Waals surface area contributed by atoms with Gasteiger partial charge in [0.2, 0.25) is 5.91 Å². The van der Waals surface area contributed by atoms with Crippen LogP contribution in [0.4, 0.5) is 4.39 Å². The first-order valence-electron chi connectivity index (χ1n) is 6.81. The molecule has 0 saturated heterocycles. The molecule has 0 atom stereocenters. The number of halogens is 1. The number of carbonyl (C=O) groups is 2. The second kappa shape index (κ2) is 7.36. The van der Waals surface area contributed by atoms with Gasteiger partial charge in [0.15, 0.2) is 0 Å². The van der Waals surface area contributed by atoms with Crippen LogP contribution >= 0.6 is 0 Å². The maximum atomic E-state index is 12.7. The Morgan fingerprint density at radius 3 is 2.32 bits per heavy atom. The maximum Gasteiger partial charge on any atom is 0.330 e.